The van der Waals surface area contributed by atoms with Gasteiger partial charge in [-0.2, -0.15) is 0 Å². The van der Waals surface area contributed by atoms with Crippen LogP contribution in [0.25, 0.3) is 0 Å². The second kappa shape index (κ2) is 9.39. The third kappa shape index (κ3) is 6.81. The van der Waals surface area contributed by atoms with Crippen molar-refractivity contribution in [3.05, 3.63) is 69.3 Å². The molecule has 0 heteroatoms. The van der Waals surface area contributed by atoms with Gasteiger partial charge >= 0.3 is 0 Å². The van der Waals surface area contributed by atoms with Gasteiger partial charge in [-0.25, -0.2) is 0 Å². The van der Waals surface area contributed by atoms with E-state index in [9.17, 15) is 0 Å². The van der Waals surface area contributed by atoms with E-state index in [2.05, 4.69) is 141 Å². The van der Waals surface area contributed by atoms with Crippen LogP contribution in [0, 0.1) is 0 Å². The minimum atomic E-state index is 0.0955. The zero-order valence-electron chi connectivity index (χ0n) is 26.2. The van der Waals surface area contributed by atoms with E-state index in [1.807, 2.05) is 0 Å². The van der Waals surface area contributed by atoms with Crippen LogP contribution in [0.4, 0.5) is 0 Å². The van der Waals surface area contributed by atoms with Gasteiger partial charge in [-0.3, -0.25) is 0 Å². The maximum atomic E-state index is 2.55. The Morgan fingerprint density at radius 3 is 1.14 bits per heavy atom. The van der Waals surface area contributed by atoms with Crippen LogP contribution in [0.3, 0.4) is 0 Å². The molecule has 35 heavy (non-hydrogen) atoms. The highest BCUT2D eigenvalue weighted by Crippen LogP contribution is 2.44. The molecule has 1 atom stereocenters. The molecule has 2 aromatic carbocycles. The van der Waals surface area contributed by atoms with E-state index in [-0.39, 0.29) is 27.1 Å². The van der Waals surface area contributed by atoms with Gasteiger partial charge in [0.1, 0.15) is 0 Å². The fourth-order valence-corrected chi connectivity index (χ4v) is 5.58. The summed E-state index contributed by atoms with van der Waals surface area (Å²) in [4.78, 5) is 0. The number of hydrogen-bond donors (Lipinski definition) is 0. The Kier molecular flexibility index (Phi) is 7.96. The highest BCUT2D eigenvalue weighted by molar-refractivity contribution is 5.51. The Hall–Kier alpha value is -1.56. The average Bonchev–Trinajstić information content (AvgIpc) is 2.63. The van der Waals surface area contributed by atoms with Gasteiger partial charge in [-0.05, 0) is 78.4 Å². The van der Waals surface area contributed by atoms with Gasteiger partial charge in [-0.15, -0.1) is 0 Å². The third-order valence-corrected chi connectivity index (χ3v) is 7.40. The third-order valence-electron chi connectivity index (χ3n) is 7.40. The predicted molar refractivity (Wildman–Crippen MR) is 159 cm³/mol. The zero-order chi connectivity index (χ0) is 27.4. The monoisotopic (exact) mass is 476 g/mol. The molecular formula is C35H56. The van der Waals surface area contributed by atoms with Crippen LogP contribution < -0.4 is 0 Å². The lowest BCUT2D eigenvalue weighted by Crippen LogP contribution is -2.29. The summed E-state index contributed by atoms with van der Waals surface area (Å²) in [7, 11) is 0. The fraction of sp³-hybridized carbons (Fsp3) is 0.657. The van der Waals surface area contributed by atoms with Crippen LogP contribution in [0.2, 0.25) is 0 Å². The molecule has 0 aromatic heterocycles. The van der Waals surface area contributed by atoms with Gasteiger partial charge in [0, 0.05) is 0 Å². The van der Waals surface area contributed by atoms with E-state index in [1.54, 1.807) is 11.1 Å². The maximum Gasteiger partial charge on any atom is -0.0126 e. The van der Waals surface area contributed by atoms with Crippen LogP contribution in [-0.2, 0) is 33.5 Å². The van der Waals surface area contributed by atoms with Crippen LogP contribution in [0.1, 0.15) is 156 Å². The molecule has 0 N–H and O–H groups in total. The molecule has 1 unspecified atom stereocenters. The smallest absolute Gasteiger partial charge is 0.0126 e. The molecule has 0 saturated carbocycles. The number of benzene rings is 2. The Morgan fingerprint density at radius 2 is 0.857 bits per heavy atom. The minimum absolute atomic E-state index is 0.0955. The summed E-state index contributed by atoms with van der Waals surface area (Å²) in [6.45, 7) is 38.0. The van der Waals surface area contributed by atoms with Crippen LogP contribution >= 0.6 is 0 Å². The maximum absolute atomic E-state index is 2.55. The van der Waals surface area contributed by atoms with Gasteiger partial charge in [0.2, 0.25) is 0 Å². The lowest BCUT2D eigenvalue weighted by atomic mass is 9.67. The van der Waals surface area contributed by atoms with Crippen LogP contribution in [0.15, 0.2) is 30.3 Å². The fourth-order valence-electron chi connectivity index (χ4n) is 5.58. The zero-order valence-corrected chi connectivity index (χ0v) is 26.2. The van der Waals surface area contributed by atoms with Crippen molar-refractivity contribution >= 4 is 0 Å². The molecule has 2 rings (SSSR count). The summed E-state index contributed by atoms with van der Waals surface area (Å²) in [6, 6.07) is 12.1. The van der Waals surface area contributed by atoms with E-state index < -0.39 is 0 Å². The summed E-state index contributed by atoms with van der Waals surface area (Å²) in [6.07, 6.45) is 1.07. The van der Waals surface area contributed by atoms with E-state index >= 15 is 0 Å². The molecule has 0 amide bonds. The van der Waals surface area contributed by atoms with Crippen molar-refractivity contribution in [2.45, 2.75) is 150 Å². The molecular weight excluding hydrogens is 420 g/mol. The van der Waals surface area contributed by atoms with Crippen molar-refractivity contribution in [1.82, 2.24) is 0 Å². The van der Waals surface area contributed by atoms with Gasteiger partial charge in [0.25, 0.3) is 0 Å². The SMILES string of the molecule is CC(Cc1c(C(C)(C)C)cccc1C(C)(C)C)c1cc(C(C)(C)C)c(C(C)(C)C)c(C(C)(C)C)c1. The number of hydrogen-bond acceptors (Lipinski definition) is 0. The molecule has 0 heterocycles. The molecule has 0 spiro atoms. The Balaban J connectivity index is 2.81. The molecule has 0 bridgehead atoms. The van der Waals surface area contributed by atoms with Crippen molar-refractivity contribution in [3.63, 3.8) is 0 Å². The Bertz CT molecular complexity index is 961. The second-order valence-electron chi connectivity index (χ2n) is 16.2. The summed E-state index contributed by atoms with van der Waals surface area (Å²) in [5.41, 5.74) is 11.1. The van der Waals surface area contributed by atoms with Crippen LogP contribution in [0.5, 0.6) is 0 Å². The van der Waals surface area contributed by atoms with Gasteiger partial charge < -0.3 is 0 Å². The van der Waals surface area contributed by atoms with E-state index in [0.29, 0.717) is 5.92 Å². The largest absolute Gasteiger partial charge is 0.0617 e. The molecule has 0 radical (unpaired) electrons. The normalized spacial score (nSPS) is 14.9. The summed E-state index contributed by atoms with van der Waals surface area (Å²) < 4.78 is 0. The molecule has 0 aliphatic rings. The topological polar surface area (TPSA) is 0 Å². The average molecular weight is 477 g/mol. The van der Waals surface area contributed by atoms with Crippen molar-refractivity contribution in [1.29, 1.82) is 0 Å². The highest BCUT2D eigenvalue weighted by atomic mass is 14.4. The summed E-state index contributed by atoms with van der Waals surface area (Å²) in [5, 5.41) is 0. The molecule has 0 aliphatic heterocycles. The molecule has 0 fully saturated rings. The second-order valence-corrected chi connectivity index (χ2v) is 16.2. The molecule has 0 aliphatic carbocycles. The van der Waals surface area contributed by atoms with Crippen molar-refractivity contribution < 1.29 is 0 Å². The van der Waals surface area contributed by atoms with Gasteiger partial charge in [0.05, 0.1) is 0 Å². The molecule has 0 saturated heterocycles. The minimum Gasteiger partial charge on any atom is -0.0617 e. The van der Waals surface area contributed by atoms with Crippen LogP contribution in [-0.4, -0.2) is 0 Å². The molecule has 196 valence electrons. The van der Waals surface area contributed by atoms with Gasteiger partial charge in [0.15, 0.2) is 0 Å². The lowest BCUT2D eigenvalue weighted by Gasteiger charge is -2.38. The van der Waals surface area contributed by atoms with E-state index in [4.69, 9.17) is 0 Å². The lowest BCUT2D eigenvalue weighted by molar-refractivity contribution is 0.495. The van der Waals surface area contributed by atoms with E-state index in [0.717, 1.165) is 6.42 Å². The van der Waals surface area contributed by atoms with Crippen molar-refractivity contribution in [2.24, 2.45) is 0 Å². The van der Waals surface area contributed by atoms with Gasteiger partial charge in [-0.1, -0.05) is 141 Å². The summed E-state index contributed by atoms with van der Waals surface area (Å²) in [5.74, 6) is 0.441. The van der Waals surface area contributed by atoms with Crippen molar-refractivity contribution in [3.8, 4) is 0 Å². The molecule has 0 nitrogen and oxygen atoms in total. The Labute approximate surface area is 219 Å². The standard InChI is InChI=1S/C35H56/c1-23(20-25-26(31(2,3)4)18-17-19-27(25)32(5,6)7)24-21-28(33(8,9)10)30(35(14,15)16)29(22-24)34(11,12)13/h17-19,21-23H,20H2,1-16H3. The number of rotatable bonds is 3. The first-order chi connectivity index (χ1) is 15.5. The predicted octanol–water partition coefficient (Wildman–Crippen LogP) is 10.5. The van der Waals surface area contributed by atoms with Crippen molar-refractivity contribution in [2.75, 3.05) is 0 Å². The first-order valence-corrected chi connectivity index (χ1v) is 13.8. The summed E-state index contributed by atoms with van der Waals surface area (Å²) >= 11 is 0. The first kappa shape index (κ1) is 29.7. The van der Waals surface area contributed by atoms with E-state index in [1.165, 1.54) is 27.8 Å². The first-order valence-electron chi connectivity index (χ1n) is 13.8. The highest BCUT2D eigenvalue weighted by Gasteiger charge is 2.33. The molecule has 2 aromatic rings. The quantitative estimate of drug-likeness (QED) is 0.413. The Morgan fingerprint density at radius 1 is 0.514 bits per heavy atom.